The van der Waals surface area contributed by atoms with Gasteiger partial charge in [0.2, 0.25) is 17.8 Å². The normalized spacial score (nSPS) is 17.9. The predicted molar refractivity (Wildman–Crippen MR) is 111 cm³/mol. The highest BCUT2D eigenvalue weighted by atomic mass is 15.4. The molecule has 0 atom stereocenters. The molecule has 2 saturated heterocycles. The quantitative estimate of drug-likeness (QED) is 0.875. The third-order valence-electron chi connectivity index (χ3n) is 5.52. The van der Waals surface area contributed by atoms with E-state index in [9.17, 15) is 0 Å². The maximum Gasteiger partial charge on any atom is 0.233 e. The second kappa shape index (κ2) is 8.11. The van der Waals surface area contributed by atoms with Gasteiger partial charge in [0.1, 0.15) is 0 Å². The monoisotopic (exact) mass is 366 g/mol. The van der Waals surface area contributed by atoms with Crippen molar-refractivity contribution in [1.29, 1.82) is 0 Å². The number of hydrogen-bond acceptors (Lipinski definition) is 6. The Labute approximate surface area is 162 Å². The molecule has 1 N–H and O–H groups in total. The van der Waals surface area contributed by atoms with E-state index in [0.717, 1.165) is 43.8 Å². The number of hydrogen-bond donors (Lipinski definition) is 1. The number of piperidine rings is 2. The van der Waals surface area contributed by atoms with Crippen molar-refractivity contribution in [2.75, 3.05) is 41.3 Å². The summed E-state index contributed by atoms with van der Waals surface area (Å²) in [6, 6.07) is 6.41. The maximum atomic E-state index is 4.85. The molecule has 6 heteroatoms. The molecule has 2 fully saturated rings. The highest BCUT2D eigenvalue weighted by molar-refractivity contribution is 5.60. The molecule has 2 aliphatic rings. The number of aromatic nitrogens is 3. The highest BCUT2D eigenvalue weighted by Crippen LogP contribution is 2.25. The van der Waals surface area contributed by atoms with Crippen LogP contribution < -0.4 is 15.1 Å². The smallest absolute Gasteiger partial charge is 0.233 e. The Morgan fingerprint density at radius 3 is 1.81 bits per heavy atom. The van der Waals surface area contributed by atoms with E-state index in [1.165, 1.54) is 49.7 Å². The number of nitrogens with zero attached hydrogens (tertiary/aromatic N) is 5. The Kier molecular flexibility index (Phi) is 5.41. The zero-order valence-electron chi connectivity index (χ0n) is 16.5. The van der Waals surface area contributed by atoms with Crippen LogP contribution in [0.15, 0.2) is 18.2 Å². The van der Waals surface area contributed by atoms with Crippen molar-refractivity contribution in [2.45, 2.75) is 52.4 Å². The molecule has 0 bridgehead atoms. The third kappa shape index (κ3) is 4.31. The second-order valence-electron chi connectivity index (χ2n) is 7.80. The van der Waals surface area contributed by atoms with Crippen molar-refractivity contribution in [3.05, 3.63) is 29.3 Å². The summed E-state index contributed by atoms with van der Waals surface area (Å²) in [6.07, 6.45) is 7.45. The van der Waals surface area contributed by atoms with Crippen LogP contribution >= 0.6 is 0 Å². The average Bonchev–Trinajstić information content (AvgIpc) is 2.71. The molecule has 0 radical (unpaired) electrons. The van der Waals surface area contributed by atoms with Gasteiger partial charge in [-0.2, -0.15) is 15.0 Å². The summed E-state index contributed by atoms with van der Waals surface area (Å²) in [7, 11) is 0. The van der Waals surface area contributed by atoms with Crippen LogP contribution in [-0.4, -0.2) is 41.1 Å². The lowest BCUT2D eigenvalue weighted by Crippen LogP contribution is -2.34. The molecule has 144 valence electrons. The molecule has 3 heterocycles. The molecule has 4 rings (SSSR count). The molecule has 0 amide bonds. The van der Waals surface area contributed by atoms with Gasteiger partial charge in [-0.15, -0.1) is 0 Å². The standard InChI is InChI=1S/C21H30N6/c1-16-9-10-18(17(2)15-16)22-19-23-20(26-11-5-3-6-12-26)25-21(24-19)27-13-7-4-8-14-27/h9-10,15H,3-8,11-14H2,1-2H3,(H,22,23,24,25). The fraction of sp³-hybridized carbons (Fsp3) is 0.571. The van der Waals surface area contributed by atoms with Crippen LogP contribution in [0.4, 0.5) is 23.5 Å². The molecule has 1 aromatic carbocycles. The Hall–Kier alpha value is -2.37. The van der Waals surface area contributed by atoms with Crippen LogP contribution in [0.2, 0.25) is 0 Å². The molecule has 27 heavy (non-hydrogen) atoms. The first-order valence-electron chi connectivity index (χ1n) is 10.3. The molecule has 0 spiro atoms. The molecule has 0 saturated carbocycles. The first-order chi connectivity index (χ1) is 13.2. The van der Waals surface area contributed by atoms with Crippen LogP contribution in [0.3, 0.4) is 0 Å². The lowest BCUT2D eigenvalue weighted by Gasteiger charge is -2.30. The SMILES string of the molecule is Cc1ccc(Nc2nc(N3CCCCC3)nc(N3CCCCC3)n2)c(C)c1. The molecule has 1 aromatic heterocycles. The van der Waals surface area contributed by atoms with Gasteiger partial charge in [0, 0.05) is 31.9 Å². The molecule has 2 aromatic rings. The topological polar surface area (TPSA) is 57.2 Å². The van der Waals surface area contributed by atoms with Crippen molar-refractivity contribution in [2.24, 2.45) is 0 Å². The molecule has 0 unspecified atom stereocenters. The summed E-state index contributed by atoms with van der Waals surface area (Å²) >= 11 is 0. The lowest BCUT2D eigenvalue weighted by molar-refractivity contribution is 0.556. The number of aryl methyl sites for hydroxylation is 2. The van der Waals surface area contributed by atoms with E-state index in [4.69, 9.17) is 15.0 Å². The molecule has 6 nitrogen and oxygen atoms in total. The minimum atomic E-state index is 0.651. The second-order valence-corrected chi connectivity index (χ2v) is 7.80. The van der Waals surface area contributed by atoms with Crippen molar-refractivity contribution < 1.29 is 0 Å². The zero-order valence-corrected chi connectivity index (χ0v) is 16.5. The summed E-state index contributed by atoms with van der Waals surface area (Å²) in [4.78, 5) is 19.0. The summed E-state index contributed by atoms with van der Waals surface area (Å²) in [5.74, 6) is 2.29. The van der Waals surface area contributed by atoms with Crippen LogP contribution in [0.1, 0.15) is 49.7 Å². The van der Waals surface area contributed by atoms with Gasteiger partial charge < -0.3 is 15.1 Å². The first-order valence-corrected chi connectivity index (χ1v) is 10.3. The number of anilines is 4. The van der Waals surface area contributed by atoms with E-state index in [2.05, 4.69) is 47.2 Å². The van der Waals surface area contributed by atoms with Crippen LogP contribution in [0, 0.1) is 13.8 Å². The Bertz CT molecular complexity index is 742. The molecule has 0 aliphatic carbocycles. The number of benzene rings is 1. The zero-order chi connectivity index (χ0) is 18.6. The van der Waals surface area contributed by atoms with E-state index in [1.807, 2.05) is 0 Å². The van der Waals surface area contributed by atoms with Gasteiger partial charge in [0.05, 0.1) is 0 Å². The maximum absolute atomic E-state index is 4.85. The molecular weight excluding hydrogens is 336 g/mol. The summed E-state index contributed by atoms with van der Waals surface area (Å²) < 4.78 is 0. The van der Waals surface area contributed by atoms with Gasteiger partial charge in [-0.25, -0.2) is 0 Å². The van der Waals surface area contributed by atoms with Gasteiger partial charge in [-0.3, -0.25) is 0 Å². The van der Waals surface area contributed by atoms with Crippen LogP contribution in [-0.2, 0) is 0 Å². The van der Waals surface area contributed by atoms with E-state index in [0.29, 0.717) is 5.95 Å². The van der Waals surface area contributed by atoms with E-state index < -0.39 is 0 Å². The predicted octanol–water partition coefficient (Wildman–Crippen LogP) is 4.21. The molecular formula is C21H30N6. The van der Waals surface area contributed by atoms with Crippen molar-refractivity contribution in [1.82, 2.24) is 15.0 Å². The van der Waals surface area contributed by atoms with Gasteiger partial charge in [0.15, 0.2) is 0 Å². The summed E-state index contributed by atoms with van der Waals surface area (Å²) in [6.45, 7) is 8.37. The Balaban J connectivity index is 1.65. The highest BCUT2D eigenvalue weighted by Gasteiger charge is 2.20. The van der Waals surface area contributed by atoms with Crippen LogP contribution in [0.5, 0.6) is 0 Å². The minimum absolute atomic E-state index is 0.651. The van der Waals surface area contributed by atoms with Gasteiger partial charge in [-0.1, -0.05) is 17.7 Å². The Morgan fingerprint density at radius 1 is 0.741 bits per heavy atom. The first kappa shape index (κ1) is 18.0. The van der Waals surface area contributed by atoms with Gasteiger partial charge in [-0.05, 0) is 64.0 Å². The minimum Gasteiger partial charge on any atom is -0.341 e. The van der Waals surface area contributed by atoms with Gasteiger partial charge >= 0.3 is 0 Å². The summed E-state index contributed by atoms with van der Waals surface area (Å²) in [5, 5.41) is 3.44. The Morgan fingerprint density at radius 2 is 1.30 bits per heavy atom. The fourth-order valence-electron chi connectivity index (χ4n) is 3.95. The number of nitrogens with one attached hydrogen (secondary N) is 1. The van der Waals surface area contributed by atoms with E-state index in [-0.39, 0.29) is 0 Å². The van der Waals surface area contributed by atoms with Crippen molar-refractivity contribution in [3.8, 4) is 0 Å². The molecule has 2 aliphatic heterocycles. The largest absolute Gasteiger partial charge is 0.341 e. The van der Waals surface area contributed by atoms with E-state index >= 15 is 0 Å². The van der Waals surface area contributed by atoms with E-state index in [1.54, 1.807) is 0 Å². The summed E-state index contributed by atoms with van der Waals surface area (Å²) in [5.41, 5.74) is 3.52. The van der Waals surface area contributed by atoms with Crippen molar-refractivity contribution in [3.63, 3.8) is 0 Å². The fourth-order valence-corrected chi connectivity index (χ4v) is 3.95. The van der Waals surface area contributed by atoms with Crippen LogP contribution in [0.25, 0.3) is 0 Å². The third-order valence-corrected chi connectivity index (χ3v) is 5.52. The number of rotatable bonds is 4. The average molecular weight is 367 g/mol. The lowest BCUT2D eigenvalue weighted by atomic mass is 10.1. The van der Waals surface area contributed by atoms with Gasteiger partial charge in [0.25, 0.3) is 0 Å². The van der Waals surface area contributed by atoms with Crippen molar-refractivity contribution >= 4 is 23.5 Å².